The molecule has 4 nitrogen and oxygen atoms in total. The second kappa shape index (κ2) is 7.29. The molecule has 1 rings (SSSR count). The lowest BCUT2D eigenvalue weighted by atomic mass is 9.71. The molecule has 102 valence electrons. The Balaban J connectivity index is 2.64. The zero-order valence-corrected chi connectivity index (χ0v) is 11.2. The lowest BCUT2D eigenvalue weighted by molar-refractivity contribution is -0.146. The lowest BCUT2D eigenvalue weighted by Crippen LogP contribution is -2.34. The number of hydrogen-bond donors (Lipinski definition) is 0. The first-order chi connectivity index (χ1) is 8.58. The summed E-state index contributed by atoms with van der Waals surface area (Å²) in [5.74, 6) is 0.186. The minimum atomic E-state index is -0.236. The Bertz CT molecular complexity index is 311. The van der Waals surface area contributed by atoms with Gasteiger partial charge in [-0.15, -0.1) is 0 Å². The molecule has 0 amide bonds. The van der Waals surface area contributed by atoms with E-state index in [0.717, 1.165) is 12.7 Å². The molecule has 0 spiro atoms. The summed E-state index contributed by atoms with van der Waals surface area (Å²) >= 11 is 0. The van der Waals surface area contributed by atoms with Gasteiger partial charge in [0.1, 0.15) is 12.1 Å². The molecule has 0 aliphatic heterocycles. The largest absolute Gasteiger partial charge is 0.466 e. The van der Waals surface area contributed by atoms with Crippen LogP contribution in [0.5, 0.6) is 0 Å². The van der Waals surface area contributed by atoms with Crippen molar-refractivity contribution < 1.29 is 19.1 Å². The smallest absolute Gasteiger partial charge is 0.306 e. The predicted molar refractivity (Wildman–Crippen MR) is 66.9 cm³/mol. The number of rotatable bonds is 6. The molecule has 18 heavy (non-hydrogen) atoms. The van der Waals surface area contributed by atoms with Gasteiger partial charge in [0.15, 0.2) is 0 Å². The number of hydrogen-bond acceptors (Lipinski definition) is 4. The van der Waals surface area contributed by atoms with E-state index in [0.29, 0.717) is 38.2 Å². The number of carbonyl (C=O) groups excluding carboxylic acids is 3. The highest BCUT2D eigenvalue weighted by molar-refractivity contribution is 5.83. The maximum atomic E-state index is 12.0. The van der Waals surface area contributed by atoms with Crippen molar-refractivity contribution in [3.8, 4) is 0 Å². The van der Waals surface area contributed by atoms with Crippen molar-refractivity contribution in [1.82, 2.24) is 0 Å². The van der Waals surface area contributed by atoms with E-state index in [9.17, 15) is 14.4 Å². The van der Waals surface area contributed by atoms with Crippen molar-refractivity contribution in [2.75, 3.05) is 6.61 Å². The molecule has 4 heteroatoms. The maximum Gasteiger partial charge on any atom is 0.306 e. The summed E-state index contributed by atoms with van der Waals surface area (Å²) in [4.78, 5) is 34.0. The van der Waals surface area contributed by atoms with Gasteiger partial charge < -0.3 is 9.53 Å². The first kappa shape index (κ1) is 14.9. The first-order valence-corrected chi connectivity index (χ1v) is 6.70. The molecule has 0 aromatic carbocycles. The summed E-state index contributed by atoms with van der Waals surface area (Å²) < 4.78 is 4.95. The minimum Gasteiger partial charge on any atom is -0.466 e. The summed E-state index contributed by atoms with van der Waals surface area (Å²) in [7, 11) is 0. The molecule has 0 bridgehead atoms. The van der Waals surface area contributed by atoms with Crippen LogP contribution < -0.4 is 0 Å². The molecular weight excluding hydrogens is 232 g/mol. The van der Waals surface area contributed by atoms with Crippen LogP contribution in [0.3, 0.4) is 0 Å². The van der Waals surface area contributed by atoms with Crippen LogP contribution in [0.2, 0.25) is 0 Å². The van der Waals surface area contributed by atoms with Gasteiger partial charge in [0, 0.05) is 25.2 Å². The molecule has 0 unspecified atom stereocenters. The first-order valence-electron chi connectivity index (χ1n) is 6.70. The van der Waals surface area contributed by atoms with Crippen molar-refractivity contribution in [2.24, 2.45) is 17.8 Å². The van der Waals surface area contributed by atoms with E-state index in [2.05, 4.69) is 0 Å². The van der Waals surface area contributed by atoms with E-state index < -0.39 is 0 Å². The van der Waals surface area contributed by atoms with Crippen molar-refractivity contribution in [1.29, 1.82) is 0 Å². The van der Waals surface area contributed by atoms with E-state index in [1.54, 1.807) is 6.92 Å². The second-order valence-corrected chi connectivity index (χ2v) is 5.13. The van der Waals surface area contributed by atoms with Gasteiger partial charge in [0.25, 0.3) is 0 Å². The molecule has 0 aromatic rings. The van der Waals surface area contributed by atoms with E-state index in [-0.39, 0.29) is 23.6 Å². The Morgan fingerprint density at radius 1 is 1.50 bits per heavy atom. The molecule has 0 heterocycles. The highest BCUT2D eigenvalue weighted by Gasteiger charge is 2.35. The van der Waals surface area contributed by atoms with Crippen molar-refractivity contribution in [3.05, 3.63) is 0 Å². The van der Waals surface area contributed by atoms with E-state index >= 15 is 0 Å². The van der Waals surface area contributed by atoms with Gasteiger partial charge in [-0.25, -0.2) is 0 Å². The van der Waals surface area contributed by atoms with Gasteiger partial charge in [-0.3, -0.25) is 9.59 Å². The monoisotopic (exact) mass is 254 g/mol. The Hall–Kier alpha value is -1.19. The van der Waals surface area contributed by atoms with Gasteiger partial charge >= 0.3 is 5.97 Å². The van der Waals surface area contributed by atoms with Crippen LogP contribution >= 0.6 is 0 Å². The quantitative estimate of drug-likeness (QED) is 0.538. The molecule has 1 aliphatic carbocycles. The molecule has 1 fully saturated rings. The maximum absolute atomic E-state index is 12.0. The topological polar surface area (TPSA) is 60.4 Å². The van der Waals surface area contributed by atoms with Crippen LogP contribution in [0.4, 0.5) is 0 Å². The number of ketones is 1. The average Bonchev–Trinajstić information content (AvgIpc) is 2.28. The molecule has 3 atom stereocenters. The number of esters is 1. The summed E-state index contributed by atoms with van der Waals surface area (Å²) in [6.45, 7) is 4.18. The minimum absolute atomic E-state index is 0.0419. The lowest BCUT2D eigenvalue weighted by Gasteiger charge is -2.33. The highest BCUT2D eigenvalue weighted by Crippen LogP contribution is 2.36. The van der Waals surface area contributed by atoms with Gasteiger partial charge in [-0.1, -0.05) is 6.92 Å². The fourth-order valence-corrected chi connectivity index (χ4v) is 2.83. The fourth-order valence-electron chi connectivity index (χ4n) is 2.83. The number of Topliss-reactive ketones (excluding diaryl/α,β-unsaturated/α-hetero) is 1. The second-order valence-electron chi connectivity index (χ2n) is 5.13. The summed E-state index contributed by atoms with van der Waals surface area (Å²) in [6.07, 6.45) is 3.54. The van der Waals surface area contributed by atoms with Gasteiger partial charge in [0.05, 0.1) is 6.61 Å². The molecule has 1 saturated carbocycles. The zero-order chi connectivity index (χ0) is 13.5. The van der Waals surface area contributed by atoms with E-state index in [1.807, 2.05) is 6.92 Å². The van der Waals surface area contributed by atoms with Crippen LogP contribution in [-0.2, 0) is 19.1 Å². The van der Waals surface area contributed by atoms with Crippen LogP contribution in [0, 0.1) is 17.8 Å². The standard InChI is InChI=1S/C14H22O4/c1-3-18-14(17)9-11-7-10(2)8-13(16)12(11)5-4-6-15/h6,10-12H,3-5,7-9H2,1-2H3/t10-,11-,12-/m1/s1. The highest BCUT2D eigenvalue weighted by atomic mass is 16.5. The summed E-state index contributed by atoms with van der Waals surface area (Å²) in [5.41, 5.74) is 0. The zero-order valence-electron chi connectivity index (χ0n) is 11.2. The number of carbonyl (C=O) groups is 3. The Morgan fingerprint density at radius 3 is 2.83 bits per heavy atom. The molecule has 0 aromatic heterocycles. The molecule has 0 N–H and O–H groups in total. The fraction of sp³-hybridized carbons (Fsp3) is 0.786. The predicted octanol–water partition coefficient (Wildman–Crippen LogP) is 2.15. The Morgan fingerprint density at radius 2 is 2.22 bits per heavy atom. The van der Waals surface area contributed by atoms with Gasteiger partial charge in [-0.05, 0) is 31.6 Å². The van der Waals surface area contributed by atoms with Gasteiger partial charge in [0.2, 0.25) is 0 Å². The van der Waals surface area contributed by atoms with Crippen molar-refractivity contribution in [2.45, 2.75) is 46.0 Å². The van der Waals surface area contributed by atoms with Crippen LogP contribution in [-0.4, -0.2) is 24.6 Å². The molecule has 0 radical (unpaired) electrons. The van der Waals surface area contributed by atoms with Crippen molar-refractivity contribution in [3.63, 3.8) is 0 Å². The number of aldehydes is 1. The van der Waals surface area contributed by atoms with Crippen LogP contribution in [0.25, 0.3) is 0 Å². The molecular formula is C14H22O4. The molecule has 0 saturated heterocycles. The Labute approximate surface area is 108 Å². The SMILES string of the molecule is CCOC(=O)C[C@H]1C[C@@H](C)CC(=O)[C@@H]1CCC=O. The van der Waals surface area contributed by atoms with Crippen LogP contribution in [0.1, 0.15) is 46.0 Å². The average molecular weight is 254 g/mol. The third kappa shape index (κ3) is 4.24. The number of ether oxygens (including phenoxy) is 1. The van der Waals surface area contributed by atoms with Crippen molar-refractivity contribution >= 4 is 18.0 Å². The Kier molecular flexibility index (Phi) is 6.02. The van der Waals surface area contributed by atoms with Gasteiger partial charge in [-0.2, -0.15) is 0 Å². The van der Waals surface area contributed by atoms with Crippen LogP contribution in [0.15, 0.2) is 0 Å². The summed E-state index contributed by atoms with van der Waals surface area (Å²) in [5, 5.41) is 0. The normalized spacial score (nSPS) is 27.9. The van der Waals surface area contributed by atoms with E-state index in [1.165, 1.54) is 0 Å². The third-order valence-electron chi connectivity index (χ3n) is 3.57. The summed E-state index contributed by atoms with van der Waals surface area (Å²) in [6, 6.07) is 0. The third-order valence-corrected chi connectivity index (χ3v) is 3.57. The van der Waals surface area contributed by atoms with E-state index in [4.69, 9.17) is 4.74 Å². The molecule has 1 aliphatic rings.